The normalized spacial score (nSPS) is 10.2. The van der Waals surface area contributed by atoms with E-state index in [9.17, 15) is 0 Å². The van der Waals surface area contributed by atoms with Crippen LogP contribution in [0.25, 0.3) is 0 Å². The van der Waals surface area contributed by atoms with Crippen molar-refractivity contribution in [2.24, 2.45) is 0 Å². The lowest BCUT2D eigenvalue weighted by Crippen LogP contribution is -2.02. The summed E-state index contributed by atoms with van der Waals surface area (Å²) in [7, 11) is 0. The van der Waals surface area contributed by atoms with Crippen molar-refractivity contribution in [3.05, 3.63) is 23.8 Å². The van der Waals surface area contributed by atoms with Crippen LogP contribution < -0.4 is 11.1 Å². The van der Waals surface area contributed by atoms with Gasteiger partial charge in [-0.05, 0) is 24.6 Å². The predicted octanol–water partition coefficient (Wildman–Crippen LogP) is 4.69. The van der Waals surface area contributed by atoms with Crippen molar-refractivity contribution >= 4 is 11.4 Å². The first-order chi connectivity index (χ1) is 9.77. The average Bonchev–Trinajstić information content (AvgIpc) is 2.46. The lowest BCUT2D eigenvalue weighted by Gasteiger charge is -2.07. The summed E-state index contributed by atoms with van der Waals surface area (Å²) >= 11 is 0. The number of nitriles is 1. The van der Waals surface area contributed by atoms with Crippen LogP contribution in [-0.2, 0) is 0 Å². The minimum absolute atomic E-state index is 0.544. The van der Waals surface area contributed by atoms with Gasteiger partial charge in [0.1, 0.15) is 6.07 Å². The Hall–Kier alpha value is -1.69. The Bertz CT molecular complexity index is 421. The fourth-order valence-corrected chi connectivity index (χ4v) is 2.27. The predicted molar refractivity (Wildman–Crippen MR) is 86.7 cm³/mol. The highest BCUT2D eigenvalue weighted by molar-refractivity contribution is 5.62. The zero-order chi connectivity index (χ0) is 14.6. The summed E-state index contributed by atoms with van der Waals surface area (Å²) in [5.74, 6) is 0. The molecule has 1 rings (SSSR count). The van der Waals surface area contributed by atoms with E-state index in [0.717, 1.165) is 12.2 Å². The van der Waals surface area contributed by atoms with Gasteiger partial charge >= 0.3 is 0 Å². The maximum Gasteiger partial charge on any atom is 0.101 e. The van der Waals surface area contributed by atoms with Gasteiger partial charge in [0, 0.05) is 12.2 Å². The Kier molecular flexibility index (Phi) is 8.30. The first-order valence-electron chi connectivity index (χ1n) is 7.81. The van der Waals surface area contributed by atoms with E-state index in [2.05, 4.69) is 18.3 Å². The summed E-state index contributed by atoms with van der Waals surface area (Å²) in [6.07, 6.45) is 10.6. The minimum atomic E-state index is 0.544. The van der Waals surface area contributed by atoms with E-state index < -0.39 is 0 Å². The molecule has 0 fully saturated rings. The Morgan fingerprint density at radius 2 is 1.70 bits per heavy atom. The van der Waals surface area contributed by atoms with Crippen LogP contribution in [0.15, 0.2) is 18.2 Å². The van der Waals surface area contributed by atoms with Crippen molar-refractivity contribution in [3.8, 4) is 6.07 Å². The van der Waals surface area contributed by atoms with Crippen molar-refractivity contribution in [1.29, 1.82) is 5.26 Å². The van der Waals surface area contributed by atoms with E-state index in [4.69, 9.17) is 11.0 Å². The molecule has 1 aromatic carbocycles. The van der Waals surface area contributed by atoms with Gasteiger partial charge in [0.15, 0.2) is 0 Å². The number of nitrogens with zero attached hydrogens (tertiary/aromatic N) is 1. The summed E-state index contributed by atoms with van der Waals surface area (Å²) in [4.78, 5) is 0. The first-order valence-corrected chi connectivity index (χ1v) is 7.81. The van der Waals surface area contributed by atoms with Crippen molar-refractivity contribution in [2.45, 2.75) is 58.3 Å². The molecule has 0 aromatic heterocycles. The van der Waals surface area contributed by atoms with Crippen molar-refractivity contribution in [1.82, 2.24) is 0 Å². The van der Waals surface area contributed by atoms with Crippen LogP contribution in [0, 0.1) is 11.3 Å². The Morgan fingerprint density at radius 3 is 2.30 bits per heavy atom. The number of nitrogen functional groups attached to an aromatic ring is 1. The number of nitrogens with two attached hydrogens (primary N) is 1. The van der Waals surface area contributed by atoms with Gasteiger partial charge in [0.05, 0.1) is 11.3 Å². The van der Waals surface area contributed by atoms with Gasteiger partial charge in [0.2, 0.25) is 0 Å². The molecule has 0 heterocycles. The van der Waals surface area contributed by atoms with Gasteiger partial charge in [0.25, 0.3) is 0 Å². The maximum atomic E-state index is 8.81. The standard InChI is InChI=1S/C17H27N3/c1-2-3-4-5-6-7-8-9-12-20-16-11-10-15(14-18)17(19)13-16/h10-11,13,20H,2-9,12,19H2,1H3. The summed E-state index contributed by atoms with van der Waals surface area (Å²) in [6.45, 7) is 3.22. The van der Waals surface area contributed by atoms with E-state index in [-0.39, 0.29) is 0 Å². The molecule has 3 nitrogen and oxygen atoms in total. The average molecular weight is 273 g/mol. The number of rotatable bonds is 10. The number of hydrogen-bond donors (Lipinski definition) is 2. The molecule has 110 valence electrons. The molecular weight excluding hydrogens is 246 g/mol. The van der Waals surface area contributed by atoms with Crippen molar-refractivity contribution < 1.29 is 0 Å². The van der Waals surface area contributed by atoms with Crippen molar-refractivity contribution in [2.75, 3.05) is 17.6 Å². The van der Waals surface area contributed by atoms with E-state index in [0.29, 0.717) is 11.3 Å². The highest BCUT2D eigenvalue weighted by Gasteiger charge is 1.99. The van der Waals surface area contributed by atoms with E-state index in [1.807, 2.05) is 12.1 Å². The van der Waals surface area contributed by atoms with Crippen LogP contribution in [0.4, 0.5) is 11.4 Å². The summed E-state index contributed by atoms with van der Waals surface area (Å²) < 4.78 is 0. The lowest BCUT2D eigenvalue weighted by atomic mass is 10.1. The van der Waals surface area contributed by atoms with Gasteiger partial charge in [-0.15, -0.1) is 0 Å². The molecule has 3 heteroatoms. The van der Waals surface area contributed by atoms with Crippen LogP contribution in [-0.4, -0.2) is 6.54 Å². The zero-order valence-corrected chi connectivity index (χ0v) is 12.6. The lowest BCUT2D eigenvalue weighted by molar-refractivity contribution is 0.581. The fourth-order valence-electron chi connectivity index (χ4n) is 2.27. The molecule has 0 aliphatic carbocycles. The van der Waals surface area contributed by atoms with Crippen LogP contribution in [0.2, 0.25) is 0 Å². The van der Waals surface area contributed by atoms with Crippen molar-refractivity contribution in [3.63, 3.8) is 0 Å². The van der Waals surface area contributed by atoms with Gasteiger partial charge < -0.3 is 11.1 Å². The highest BCUT2D eigenvalue weighted by Crippen LogP contribution is 2.17. The first kappa shape index (κ1) is 16.4. The molecular formula is C17H27N3. The quantitative estimate of drug-likeness (QED) is 0.480. The second-order valence-electron chi connectivity index (χ2n) is 5.32. The van der Waals surface area contributed by atoms with E-state index >= 15 is 0 Å². The Morgan fingerprint density at radius 1 is 1.05 bits per heavy atom. The third kappa shape index (κ3) is 6.47. The molecule has 0 unspecified atom stereocenters. The second kappa shape index (κ2) is 10.1. The molecule has 0 radical (unpaired) electrons. The molecule has 0 amide bonds. The number of benzene rings is 1. The Balaban J connectivity index is 2.07. The largest absolute Gasteiger partial charge is 0.398 e. The molecule has 0 saturated heterocycles. The number of hydrogen-bond acceptors (Lipinski definition) is 3. The Labute approximate surface area is 123 Å². The third-order valence-electron chi connectivity index (χ3n) is 3.53. The molecule has 3 N–H and O–H groups in total. The van der Waals surface area contributed by atoms with Crippen LogP contribution >= 0.6 is 0 Å². The fraction of sp³-hybridized carbons (Fsp3) is 0.588. The molecule has 20 heavy (non-hydrogen) atoms. The SMILES string of the molecule is CCCCCCCCCCNc1ccc(C#N)c(N)c1. The zero-order valence-electron chi connectivity index (χ0n) is 12.6. The topological polar surface area (TPSA) is 61.8 Å². The number of unbranched alkanes of at least 4 members (excludes halogenated alkanes) is 7. The van der Waals surface area contributed by atoms with Gasteiger partial charge in [-0.3, -0.25) is 0 Å². The number of nitrogens with one attached hydrogen (secondary N) is 1. The molecule has 0 aliphatic rings. The second-order valence-corrected chi connectivity index (χ2v) is 5.32. The van der Waals surface area contributed by atoms with Gasteiger partial charge in [-0.1, -0.05) is 51.9 Å². The third-order valence-corrected chi connectivity index (χ3v) is 3.53. The molecule has 0 saturated carbocycles. The van der Waals surface area contributed by atoms with E-state index in [1.54, 1.807) is 6.07 Å². The van der Waals surface area contributed by atoms with Gasteiger partial charge in [-0.25, -0.2) is 0 Å². The molecule has 1 aromatic rings. The summed E-state index contributed by atoms with van der Waals surface area (Å²) in [6, 6.07) is 7.60. The van der Waals surface area contributed by atoms with Crippen LogP contribution in [0.5, 0.6) is 0 Å². The molecule has 0 spiro atoms. The molecule has 0 atom stereocenters. The van der Waals surface area contributed by atoms with Crippen LogP contribution in [0.3, 0.4) is 0 Å². The smallest absolute Gasteiger partial charge is 0.101 e. The molecule has 0 bridgehead atoms. The number of anilines is 2. The summed E-state index contributed by atoms with van der Waals surface area (Å²) in [5.41, 5.74) is 7.88. The maximum absolute atomic E-state index is 8.81. The summed E-state index contributed by atoms with van der Waals surface area (Å²) in [5, 5.41) is 12.2. The highest BCUT2D eigenvalue weighted by atomic mass is 14.9. The molecule has 0 aliphatic heterocycles. The van der Waals surface area contributed by atoms with E-state index in [1.165, 1.54) is 51.4 Å². The van der Waals surface area contributed by atoms with Gasteiger partial charge in [-0.2, -0.15) is 5.26 Å². The monoisotopic (exact) mass is 273 g/mol. The minimum Gasteiger partial charge on any atom is -0.398 e. The van der Waals surface area contributed by atoms with Crippen LogP contribution in [0.1, 0.15) is 63.9 Å².